The molecule has 0 bridgehead atoms. The Balaban J connectivity index is 2.29. The molecular weight excluding hydrogens is 184 g/mol. The molecule has 0 amide bonds. The number of hydrogen-bond donors (Lipinski definition) is 0. The maximum atomic E-state index is 11.4. The van der Waals surface area contributed by atoms with Crippen LogP contribution in [0.5, 0.6) is 0 Å². The molecule has 1 rings (SSSR count). The molecule has 0 aliphatic heterocycles. The molecule has 0 atom stereocenters. The minimum atomic E-state index is -0.110. The van der Waals surface area contributed by atoms with Crippen molar-refractivity contribution in [1.82, 2.24) is 9.78 Å². The molecule has 1 aromatic rings. The monoisotopic (exact) mass is 198 g/mol. The number of rotatable bonds is 6. The van der Waals surface area contributed by atoms with E-state index in [0.29, 0.717) is 18.9 Å². The molecule has 1 heterocycles. The summed E-state index contributed by atoms with van der Waals surface area (Å²) in [6, 6.07) is 1.67. The van der Waals surface area contributed by atoms with Crippen LogP contribution in [0.2, 0.25) is 0 Å². The predicted molar refractivity (Wildman–Crippen MR) is 50.2 cm³/mol. The van der Waals surface area contributed by atoms with Crippen LogP contribution in [0.25, 0.3) is 0 Å². The second kappa shape index (κ2) is 5.51. The second-order valence-corrected chi connectivity index (χ2v) is 2.84. The molecule has 0 saturated carbocycles. The van der Waals surface area contributed by atoms with Crippen molar-refractivity contribution in [3.05, 3.63) is 18.0 Å². The Morgan fingerprint density at radius 1 is 1.57 bits per heavy atom. The Kier molecular flexibility index (Phi) is 4.28. The topological polar surface area (TPSA) is 53.4 Å². The van der Waals surface area contributed by atoms with E-state index in [0.717, 1.165) is 0 Å². The van der Waals surface area contributed by atoms with Crippen molar-refractivity contribution in [1.29, 1.82) is 0 Å². The van der Waals surface area contributed by atoms with Gasteiger partial charge in [-0.1, -0.05) is 0 Å². The molecule has 14 heavy (non-hydrogen) atoms. The van der Waals surface area contributed by atoms with Gasteiger partial charge in [0.15, 0.2) is 0 Å². The van der Waals surface area contributed by atoms with Gasteiger partial charge >= 0.3 is 0 Å². The zero-order chi connectivity index (χ0) is 10.4. The summed E-state index contributed by atoms with van der Waals surface area (Å²) in [5, 5.41) is 3.97. The van der Waals surface area contributed by atoms with E-state index in [1.807, 2.05) is 0 Å². The lowest BCUT2D eigenvalue weighted by Gasteiger charge is -2.00. The highest BCUT2D eigenvalue weighted by atomic mass is 16.5. The zero-order valence-electron chi connectivity index (χ0n) is 8.40. The first kappa shape index (κ1) is 10.9. The van der Waals surface area contributed by atoms with Gasteiger partial charge in [0.25, 0.3) is 0 Å². The van der Waals surface area contributed by atoms with Gasteiger partial charge in [0.05, 0.1) is 13.2 Å². The molecule has 78 valence electrons. The molecule has 0 N–H and O–H groups in total. The summed E-state index contributed by atoms with van der Waals surface area (Å²) in [4.78, 5) is 11.4. The maximum absolute atomic E-state index is 11.4. The number of aromatic nitrogens is 2. The van der Waals surface area contributed by atoms with Gasteiger partial charge in [-0.05, 0) is 6.07 Å². The maximum Gasteiger partial charge on any atom is 0.208 e. The van der Waals surface area contributed by atoms with Crippen molar-refractivity contribution < 1.29 is 14.3 Å². The minimum absolute atomic E-state index is 0.0559. The first-order valence-corrected chi connectivity index (χ1v) is 4.33. The number of carbonyl (C=O) groups is 1. The van der Waals surface area contributed by atoms with E-state index in [4.69, 9.17) is 9.47 Å². The van der Waals surface area contributed by atoms with Crippen LogP contribution in [0.1, 0.15) is 10.5 Å². The van der Waals surface area contributed by atoms with Crippen LogP contribution in [0.4, 0.5) is 0 Å². The van der Waals surface area contributed by atoms with Gasteiger partial charge in [0.1, 0.15) is 12.3 Å². The Hall–Kier alpha value is -1.20. The number of hydrogen-bond acceptors (Lipinski definition) is 4. The molecule has 0 saturated heterocycles. The Labute approximate surface area is 82.6 Å². The largest absolute Gasteiger partial charge is 0.382 e. The van der Waals surface area contributed by atoms with Gasteiger partial charge in [0.2, 0.25) is 5.78 Å². The third kappa shape index (κ3) is 3.27. The van der Waals surface area contributed by atoms with Crippen LogP contribution < -0.4 is 0 Å². The molecule has 0 unspecified atom stereocenters. The van der Waals surface area contributed by atoms with Crippen LogP contribution in [0.3, 0.4) is 0 Å². The highest BCUT2D eigenvalue weighted by molar-refractivity contribution is 5.95. The van der Waals surface area contributed by atoms with Crippen molar-refractivity contribution in [3.63, 3.8) is 0 Å². The molecule has 1 aromatic heterocycles. The number of ketones is 1. The first-order valence-electron chi connectivity index (χ1n) is 4.33. The number of carbonyl (C=O) groups excluding carboxylic acids is 1. The second-order valence-electron chi connectivity index (χ2n) is 2.84. The SMILES string of the molecule is COCCOCC(=O)c1ccn(C)n1. The fraction of sp³-hybridized carbons (Fsp3) is 0.556. The molecular formula is C9H14N2O3. The van der Waals surface area contributed by atoms with E-state index in [-0.39, 0.29) is 12.4 Å². The summed E-state index contributed by atoms with van der Waals surface area (Å²) in [5.41, 5.74) is 0.435. The predicted octanol–water partition coefficient (Wildman–Crippen LogP) is 0.266. The summed E-state index contributed by atoms with van der Waals surface area (Å²) in [6.07, 6.45) is 1.72. The summed E-state index contributed by atoms with van der Waals surface area (Å²) in [7, 11) is 3.35. The summed E-state index contributed by atoms with van der Waals surface area (Å²) in [5.74, 6) is -0.110. The number of ether oxygens (including phenoxy) is 2. The van der Waals surface area contributed by atoms with Crippen molar-refractivity contribution in [2.45, 2.75) is 0 Å². The van der Waals surface area contributed by atoms with E-state index < -0.39 is 0 Å². The molecule has 0 aliphatic carbocycles. The smallest absolute Gasteiger partial charge is 0.208 e. The minimum Gasteiger partial charge on any atom is -0.382 e. The lowest BCUT2D eigenvalue weighted by molar-refractivity contribution is 0.0573. The van der Waals surface area contributed by atoms with Crippen molar-refractivity contribution in [2.75, 3.05) is 26.9 Å². The number of aryl methyl sites for hydroxylation is 1. The number of methoxy groups -OCH3 is 1. The van der Waals surface area contributed by atoms with Crippen LogP contribution >= 0.6 is 0 Å². The fourth-order valence-corrected chi connectivity index (χ4v) is 0.945. The van der Waals surface area contributed by atoms with Crippen molar-refractivity contribution in [2.24, 2.45) is 7.05 Å². The van der Waals surface area contributed by atoms with E-state index >= 15 is 0 Å². The summed E-state index contributed by atoms with van der Waals surface area (Å²) >= 11 is 0. The highest BCUT2D eigenvalue weighted by Crippen LogP contribution is 1.96. The van der Waals surface area contributed by atoms with Crippen LogP contribution in [0.15, 0.2) is 12.3 Å². The van der Waals surface area contributed by atoms with E-state index in [1.54, 1.807) is 31.1 Å². The standard InChI is InChI=1S/C9H14N2O3/c1-11-4-3-8(10-11)9(12)7-14-6-5-13-2/h3-4H,5-7H2,1-2H3. The normalized spacial score (nSPS) is 10.4. The van der Waals surface area contributed by atoms with Gasteiger partial charge < -0.3 is 9.47 Å². The molecule has 0 radical (unpaired) electrons. The molecule has 5 heteroatoms. The Bertz CT molecular complexity index is 296. The van der Waals surface area contributed by atoms with E-state index in [9.17, 15) is 4.79 Å². The summed E-state index contributed by atoms with van der Waals surface area (Å²) in [6.45, 7) is 0.977. The van der Waals surface area contributed by atoms with Crippen LogP contribution in [0, 0.1) is 0 Å². The average molecular weight is 198 g/mol. The highest BCUT2D eigenvalue weighted by Gasteiger charge is 2.08. The Morgan fingerprint density at radius 3 is 2.93 bits per heavy atom. The molecule has 0 aromatic carbocycles. The van der Waals surface area contributed by atoms with Crippen molar-refractivity contribution in [3.8, 4) is 0 Å². The van der Waals surface area contributed by atoms with Gasteiger partial charge in [-0.25, -0.2) is 0 Å². The molecule has 0 aliphatic rings. The molecule has 5 nitrogen and oxygen atoms in total. The Morgan fingerprint density at radius 2 is 2.36 bits per heavy atom. The quantitative estimate of drug-likeness (QED) is 0.486. The van der Waals surface area contributed by atoms with Crippen LogP contribution in [-0.2, 0) is 16.5 Å². The third-order valence-corrected chi connectivity index (χ3v) is 1.66. The van der Waals surface area contributed by atoms with E-state index in [2.05, 4.69) is 5.10 Å². The zero-order valence-corrected chi connectivity index (χ0v) is 8.40. The molecule has 0 fully saturated rings. The third-order valence-electron chi connectivity index (χ3n) is 1.66. The van der Waals surface area contributed by atoms with Gasteiger partial charge in [-0.3, -0.25) is 9.48 Å². The van der Waals surface area contributed by atoms with Gasteiger partial charge in [-0.2, -0.15) is 5.10 Å². The van der Waals surface area contributed by atoms with E-state index in [1.165, 1.54) is 0 Å². The van der Waals surface area contributed by atoms with Gasteiger partial charge in [-0.15, -0.1) is 0 Å². The lowest BCUT2D eigenvalue weighted by atomic mass is 10.3. The van der Waals surface area contributed by atoms with Crippen LogP contribution in [-0.4, -0.2) is 42.5 Å². The number of Topliss-reactive ketones (excluding diaryl/α,β-unsaturated/α-hetero) is 1. The lowest BCUT2D eigenvalue weighted by Crippen LogP contribution is -2.12. The fourth-order valence-electron chi connectivity index (χ4n) is 0.945. The molecule has 0 spiro atoms. The number of nitrogens with zero attached hydrogens (tertiary/aromatic N) is 2. The average Bonchev–Trinajstić information content (AvgIpc) is 2.59. The van der Waals surface area contributed by atoms with Gasteiger partial charge in [0, 0.05) is 20.4 Å². The first-order chi connectivity index (χ1) is 6.74. The van der Waals surface area contributed by atoms with Crippen molar-refractivity contribution >= 4 is 5.78 Å². The summed E-state index contributed by atoms with van der Waals surface area (Å²) < 4.78 is 11.4.